The molecule has 2 unspecified atom stereocenters. The van der Waals surface area contributed by atoms with Gasteiger partial charge in [0.15, 0.2) is 9.92 Å². The number of aliphatic hydroxyl groups is 2. The highest BCUT2D eigenvalue weighted by Gasteiger charge is 2.29. The molecule has 0 saturated carbocycles. The summed E-state index contributed by atoms with van der Waals surface area (Å²) in [7, 11) is -3.55. The Labute approximate surface area is 173 Å². The van der Waals surface area contributed by atoms with Crippen molar-refractivity contribution < 1.29 is 19.2 Å². The normalized spacial score (nSPS) is 20.1. The molecule has 1 heterocycles. The molecule has 0 radical (unpaired) electrons. The molecule has 5 N–H and O–H groups in total. The second kappa shape index (κ2) is 7.13. The Bertz CT molecular complexity index is 1110. The van der Waals surface area contributed by atoms with E-state index >= 15 is 0 Å². The van der Waals surface area contributed by atoms with Gasteiger partial charge in [0, 0.05) is 11.9 Å². The first-order valence-corrected chi connectivity index (χ1v) is 11.9. The molecule has 0 saturated heterocycles. The van der Waals surface area contributed by atoms with Gasteiger partial charge in [0.05, 0.1) is 16.6 Å². The van der Waals surface area contributed by atoms with Crippen molar-refractivity contribution in [3.8, 4) is 0 Å². The lowest BCUT2D eigenvalue weighted by molar-refractivity contribution is 0.0823. The standard InChI is InChI=1S/C19H24N4O4S2/c1-19(2,26)15-9-21-18(28-15)29(20,27)23-17(25)22-16-11-5-3-4-10(11)8-13-12(16)6-7-14(13)24/h8-9,14,24,26H,3-7H2,1-2H3,(H3,20,22,23,25,27). The molecule has 0 bridgehead atoms. The van der Waals surface area contributed by atoms with Gasteiger partial charge >= 0.3 is 6.03 Å². The molecule has 2 atom stereocenters. The molecule has 4 rings (SSSR count). The molecule has 2 aliphatic carbocycles. The highest BCUT2D eigenvalue weighted by atomic mass is 32.2. The number of aliphatic hydroxyl groups excluding tert-OH is 1. The molecule has 8 nitrogen and oxygen atoms in total. The monoisotopic (exact) mass is 436 g/mol. The third-order valence-corrected chi connectivity index (χ3v) is 8.47. The summed E-state index contributed by atoms with van der Waals surface area (Å²) in [5.74, 6) is 0. The van der Waals surface area contributed by atoms with E-state index in [-0.39, 0.29) is 4.34 Å². The van der Waals surface area contributed by atoms with Gasteiger partial charge in [-0.25, -0.2) is 19.1 Å². The van der Waals surface area contributed by atoms with Crippen molar-refractivity contribution in [1.82, 2.24) is 4.98 Å². The van der Waals surface area contributed by atoms with Gasteiger partial charge in [0.2, 0.25) is 4.34 Å². The number of nitrogens with two attached hydrogens (primary N) is 1. The molecule has 2 aromatic rings. The van der Waals surface area contributed by atoms with E-state index in [0.29, 0.717) is 23.4 Å². The lowest BCUT2D eigenvalue weighted by atomic mass is 9.98. The zero-order chi connectivity index (χ0) is 21.0. The summed E-state index contributed by atoms with van der Waals surface area (Å²) in [6, 6.07) is 1.24. The Morgan fingerprint density at radius 3 is 2.83 bits per heavy atom. The van der Waals surface area contributed by atoms with Crippen molar-refractivity contribution in [2.24, 2.45) is 9.50 Å². The van der Waals surface area contributed by atoms with Gasteiger partial charge in [-0.15, -0.1) is 15.7 Å². The number of carbonyl (C=O) groups is 1. The molecule has 10 heteroatoms. The average Bonchev–Trinajstić information content (AvgIpc) is 3.33. The molecule has 0 aliphatic heterocycles. The Morgan fingerprint density at radius 1 is 1.38 bits per heavy atom. The largest absolute Gasteiger partial charge is 0.388 e. The number of aromatic nitrogens is 1. The number of carbonyl (C=O) groups excluding carboxylic acids is 1. The Hall–Kier alpha value is -1.85. The van der Waals surface area contributed by atoms with Gasteiger partial charge in [0.1, 0.15) is 0 Å². The zero-order valence-electron chi connectivity index (χ0n) is 16.3. The first kappa shape index (κ1) is 20.4. The summed E-state index contributed by atoms with van der Waals surface area (Å²) in [5, 5.41) is 28.9. The molecule has 2 amide bonds. The molecule has 1 aromatic carbocycles. The predicted molar refractivity (Wildman–Crippen MR) is 111 cm³/mol. The molecular weight excluding hydrogens is 412 g/mol. The lowest BCUT2D eigenvalue weighted by Gasteiger charge is -2.15. The van der Waals surface area contributed by atoms with Crippen LogP contribution in [0.4, 0.5) is 10.5 Å². The molecule has 2 aliphatic rings. The first-order chi connectivity index (χ1) is 13.6. The van der Waals surface area contributed by atoms with Crippen LogP contribution in [0.25, 0.3) is 0 Å². The van der Waals surface area contributed by atoms with Crippen LogP contribution >= 0.6 is 11.3 Å². The van der Waals surface area contributed by atoms with Gasteiger partial charge in [-0.1, -0.05) is 6.07 Å². The van der Waals surface area contributed by atoms with Crippen molar-refractivity contribution in [2.45, 2.75) is 62.0 Å². The van der Waals surface area contributed by atoms with Gasteiger partial charge in [-0.2, -0.15) is 0 Å². The number of amides is 2. The minimum Gasteiger partial charge on any atom is -0.388 e. The van der Waals surface area contributed by atoms with Crippen LogP contribution in [0.1, 0.15) is 59.9 Å². The smallest absolute Gasteiger partial charge is 0.354 e. The summed E-state index contributed by atoms with van der Waals surface area (Å²) in [4.78, 5) is 17.1. The van der Waals surface area contributed by atoms with Crippen LogP contribution in [0.5, 0.6) is 0 Å². The van der Waals surface area contributed by atoms with Gasteiger partial charge in [-0.05, 0) is 68.2 Å². The Kier molecular flexibility index (Phi) is 5.02. The van der Waals surface area contributed by atoms with Crippen LogP contribution in [0.2, 0.25) is 0 Å². The fraction of sp³-hybridized carbons (Fsp3) is 0.474. The fourth-order valence-electron chi connectivity index (χ4n) is 3.94. The molecular formula is C19H24N4O4S2. The number of nitrogens with one attached hydrogen (secondary N) is 1. The van der Waals surface area contributed by atoms with Crippen LogP contribution in [-0.2, 0) is 34.8 Å². The quantitative estimate of drug-likeness (QED) is 0.586. The summed E-state index contributed by atoms with van der Waals surface area (Å²) in [6.45, 7) is 3.16. The second-order valence-electron chi connectivity index (χ2n) is 8.00. The van der Waals surface area contributed by atoms with E-state index in [1.807, 2.05) is 6.07 Å². The molecule has 0 fully saturated rings. The van der Waals surface area contributed by atoms with E-state index in [4.69, 9.17) is 5.14 Å². The van der Waals surface area contributed by atoms with Gasteiger partial charge in [0.25, 0.3) is 0 Å². The lowest BCUT2D eigenvalue weighted by Crippen LogP contribution is -2.19. The van der Waals surface area contributed by atoms with E-state index in [2.05, 4.69) is 14.7 Å². The number of aryl methyl sites for hydroxylation is 1. The van der Waals surface area contributed by atoms with Crippen LogP contribution in [0.3, 0.4) is 0 Å². The molecule has 29 heavy (non-hydrogen) atoms. The van der Waals surface area contributed by atoms with Crippen molar-refractivity contribution in [3.05, 3.63) is 39.4 Å². The average molecular weight is 437 g/mol. The number of fused-ring (bicyclic) bond motifs is 2. The van der Waals surface area contributed by atoms with Crippen LogP contribution in [-0.4, -0.2) is 25.4 Å². The third-order valence-electron chi connectivity index (χ3n) is 5.36. The minimum atomic E-state index is -3.55. The first-order valence-electron chi connectivity index (χ1n) is 9.46. The highest BCUT2D eigenvalue weighted by molar-refractivity contribution is 7.93. The second-order valence-corrected chi connectivity index (χ2v) is 11.0. The maximum absolute atomic E-state index is 12.8. The summed E-state index contributed by atoms with van der Waals surface area (Å²) in [6.07, 6.45) is 4.87. The van der Waals surface area contributed by atoms with E-state index in [1.54, 1.807) is 13.8 Å². The summed E-state index contributed by atoms with van der Waals surface area (Å²) in [5.41, 5.74) is 3.48. The number of urea groups is 1. The van der Waals surface area contributed by atoms with Crippen LogP contribution in [0, 0.1) is 0 Å². The number of nitrogens with zero attached hydrogens (tertiary/aromatic N) is 2. The Morgan fingerprint density at radius 2 is 2.14 bits per heavy atom. The van der Waals surface area contributed by atoms with Crippen molar-refractivity contribution in [3.63, 3.8) is 0 Å². The minimum absolute atomic E-state index is 0.0104. The molecule has 156 valence electrons. The van der Waals surface area contributed by atoms with Gasteiger partial charge in [-0.3, -0.25) is 0 Å². The van der Waals surface area contributed by atoms with E-state index < -0.39 is 27.7 Å². The number of rotatable bonds is 3. The number of hydrogen-bond acceptors (Lipinski definition) is 6. The summed E-state index contributed by atoms with van der Waals surface area (Å²) >= 11 is 0.967. The topological polar surface area (TPSA) is 138 Å². The predicted octanol–water partition coefficient (Wildman–Crippen LogP) is 2.77. The van der Waals surface area contributed by atoms with Crippen molar-refractivity contribution in [2.75, 3.05) is 5.32 Å². The Balaban J connectivity index is 1.66. The maximum Gasteiger partial charge on any atom is 0.354 e. The van der Waals surface area contributed by atoms with E-state index in [1.165, 1.54) is 6.20 Å². The number of benzene rings is 1. The highest BCUT2D eigenvalue weighted by Crippen LogP contribution is 2.42. The van der Waals surface area contributed by atoms with Crippen molar-refractivity contribution in [1.29, 1.82) is 0 Å². The maximum atomic E-state index is 12.8. The van der Waals surface area contributed by atoms with Gasteiger partial charge < -0.3 is 15.5 Å². The van der Waals surface area contributed by atoms with E-state index in [9.17, 15) is 19.2 Å². The van der Waals surface area contributed by atoms with E-state index in [0.717, 1.165) is 52.9 Å². The molecule has 1 aromatic heterocycles. The fourth-order valence-corrected chi connectivity index (χ4v) is 6.02. The van der Waals surface area contributed by atoms with Crippen LogP contribution < -0.4 is 10.5 Å². The number of anilines is 1. The number of hydrogen-bond donors (Lipinski definition) is 4. The third kappa shape index (κ3) is 3.82. The number of thiazole rings is 1. The van der Waals surface area contributed by atoms with Crippen LogP contribution in [0.15, 0.2) is 21.0 Å². The van der Waals surface area contributed by atoms with Crippen molar-refractivity contribution >= 4 is 33.0 Å². The molecule has 0 spiro atoms. The SMILES string of the molecule is CC(C)(O)c1cnc(S(N)(=O)=NC(=O)Nc2c3c(cc4c2CCC4O)CCC3)s1. The zero-order valence-corrected chi connectivity index (χ0v) is 17.9. The summed E-state index contributed by atoms with van der Waals surface area (Å²) < 4.78 is 16.5.